The third kappa shape index (κ3) is 5.88. The fraction of sp³-hybridized carbons (Fsp3) is 0.857. The first-order valence-corrected chi connectivity index (χ1v) is 6.81. The molecule has 0 bridgehead atoms. The second-order valence-corrected chi connectivity index (χ2v) is 6.84. The zero-order valence-corrected chi connectivity index (χ0v) is 13.9. The summed E-state index contributed by atoms with van der Waals surface area (Å²) in [5.74, 6) is -0.0560. The Bertz CT molecular complexity index is 346. The van der Waals surface area contributed by atoms with Crippen LogP contribution in [0.25, 0.3) is 0 Å². The Hall–Kier alpha value is -1.14. The SMILES string of the molecule is CONC(=O)[C@H](CC(C)C)[N+](C)(C)C(=O)OC(C)(C)C. The molecule has 1 N–H and O–H groups in total. The lowest BCUT2D eigenvalue weighted by Crippen LogP contribution is -2.60. The standard InChI is InChI=1S/C14H28N2O4/c1-10(2)9-11(12(17)15-19-8)16(6,7)13(18)20-14(3,4)5/h10-11H,9H2,1-8H3/p+1/t11-/m0/s1. The minimum absolute atomic E-state index is 0.176. The number of carbonyl (C=O) groups is 2. The summed E-state index contributed by atoms with van der Waals surface area (Å²) < 4.78 is 5.23. The topological polar surface area (TPSA) is 64.6 Å². The van der Waals surface area contributed by atoms with E-state index >= 15 is 0 Å². The molecule has 20 heavy (non-hydrogen) atoms. The number of hydroxylamine groups is 1. The molecule has 6 heteroatoms. The monoisotopic (exact) mass is 289 g/mol. The third-order valence-corrected chi connectivity index (χ3v) is 2.84. The van der Waals surface area contributed by atoms with Gasteiger partial charge in [-0.15, -0.1) is 0 Å². The summed E-state index contributed by atoms with van der Waals surface area (Å²) in [6.07, 6.45) is 0.121. The zero-order valence-electron chi connectivity index (χ0n) is 13.9. The summed E-state index contributed by atoms with van der Waals surface area (Å²) in [6.45, 7) is 9.41. The molecule has 118 valence electrons. The first kappa shape index (κ1) is 18.9. The molecule has 0 radical (unpaired) electrons. The van der Waals surface area contributed by atoms with E-state index < -0.39 is 17.7 Å². The van der Waals surface area contributed by atoms with E-state index in [0.29, 0.717) is 6.42 Å². The molecule has 0 spiro atoms. The van der Waals surface area contributed by atoms with Gasteiger partial charge in [-0.25, -0.2) is 9.96 Å². The Labute approximate surface area is 122 Å². The van der Waals surface area contributed by atoms with Crippen LogP contribution in [-0.4, -0.2) is 49.3 Å². The molecule has 0 aliphatic heterocycles. The van der Waals surface area contributed by atoms with Gasteiger partial charge in [-0.3, -0.25) is 9.63 Å². The van der Waals surface area contributed by atoms with Crippen molar-refractivity contribution in [1.29, 1.82) is 0 Å². The molecule has 0 unspecified atom stereocenters. The van der Waals surface area contributed by atoms with Crippen LogP contribution in [0.3, 0.4) is 0 Å². The molecule has 1 atom stereocenters. The maximum Gasteiger partial charge on any atom is 0.516 e. The van der Waals surface area contributed by atoms with Gasteiger partial charge in [0, 0.05) is 6.42 Å². The number of likely N-dealkylation sites (N-methyl/N-ethyl adjacent to an activating group) is 1. The van der Waals surface area contributed by atoms with Gasteiger partial charge in [0.2, 0.25) is 0 Å². The van der Waals surface area contributed by atoms with Crippen molar-refractivity contribution in [3.05, 3.63) is 0 Å². The average molecular weight is 289 g/mol. The molecule has 0 saturated carbocycles. The molecule has 0 heterocycles. The van der Waals surface area contributed by atoms with Crippen LogP contribution in [0, 0.1) is 5.92 Å². The Kier molecular flexibility index (Phi) is 6.64. The Balaban J connectivity index is 5.20. The minimum atomic E-state index is -0.591. The number of quaternary nitrogens is 1. The van der Waals surface area contributed by atoms with Gasteiger partial charge in [0.25, 0.3) is 0 Å². The molecular weight excluding hydrogens is 260 g/mol. The van der Waals surface area contributed by atoms with Gasteiger partial charge in [0.15, 0.2) is 6.04 Å². The molecule has 0 aromatic heterocycles. The molecule has 0 aliphatic rings. The highest BCUT2D eigenvalue weighted by Crippen LogP contribution is 2.21. The van der Waals surface area contributed by atoms with Crippen molar-refractivity contribution in [2.75, 3.05) is 21.2 Å². The van der Waals surface area contributed by atoms with Crippen molar-refractivity contribution in [3.8, 4) is 0 Å². The summed E-state index contributed by atoms with van der Waals surface area (Å²) in [5, 5.41) is 0. The lowest BCUT2D eigenvalue weighted by Gasteiger charge is -2.35. The Morgan fingerprint density at radius 3 is 2.05 bits per heavy atom. The number of hydrogen-bond donors (Lipinski definition) is 1. The van der Waals surface area contributed by atoms with E-state index in [9.17, 15) is 9.59 Å². The highest BCUT2D eigenvalue weighted by molar-refractivity contribution is 5.81. The first-order chi connectivity index (χ1) is 8.91. The second kappa shape index (κ2) is 7.04. The zero-order chi connectivity index (χ0) is 16.1. The van der Waals surface area contributed by atoms with Crippen LogP contribution < -0.4 is 5.48 Å². The maximum absolute atomic E-state index is 12.3. The molecule has 0 fully saturated rings. The van der Waals surface area contributed by atoms with E-state index in [1.54, 1.807) is 34.9 Å². The molecule has 0 aromatic rings. The third-order valence-electron chi connectivity index (χ3n) is 2.84. The maximum atomic E-state index is 12.3. The van der Waals surface area contributed by atoms with Crippen LogP contribution in [-0.2, 0) is 14.4 Å². The molecule has 0 saturated heterocycles. The number of ether oxygens (including phenoxy) is 1. The van der Waals surface area contributed by atoms with Crippen molar-refractivity contribution >= 4 is 12.0 Å². The number of carbonyl (C=O) groups excluding carboxylic acids is 2. The van der Waals surface area contributed by atoms with Crippen molar-refractivity contribution in [1.82, 2.24) is 5.48 Å². The summed E-state index contributed by atoms with van der Waals surface area (Å²) in [6, 6.07) is -0.565. The number of nitrogens with one attached hydrogen (secondary N) is 1. The van der Waals surface area contributed by atoms with Crippen LogP contribution in [0.5, 0.6) is 0 Å². The summed E-state index contributed by atoms with van der Waals surface area (Å²) in [7, 11) is 4.73. The number of hydrogen-bond acceptors (Lipinski definition) is 4. The Morgan fingerprint density at radius 1 is 1.20 bits per heavy atom. The van der Waals surface area contributed by atoms with Crippen molar-refractivity contribution in [2.45, 2.75) is 52.7 Å². The predicted octanol–water partition coefficient (Wildman–Crippen LogP) is 2.09. The van der Waals surface area contributed by atoms with Gasteiger partial charge < -0.3 is 4.74 Å². The summed E-state index contributed by atoms with van der Waals surface area (Å²) in [4.78, 5) is 29.2. The van der Waals surface area contributed by atoms with Crippen LogP contribution in [0.1, 0.15) is 41.0 Å². The van der Waals surface area contributed by atoms with E-state index in [4.69, 9.17) is 4.74 Å². The predicted molar refractivity (Wildman–Crippen MR) is 76.7 cm³/mol. The number of nitrogens with zero attached hydrogens (tertiary/aromatic N) is 1. The molecule has 0 rings (SSSR count). The molecule has 6 nitrogen and oxygen atoms in total. The second-order valence-electron chi connectivity index (χ2n) is 6.84. The number of amides is 2. The van der Waals surface area contributed by atoms with Crippen LogP contribution in [0.4, 0.5) is 4.79 Å². The largest absolute Gasteiger partial charge is 0.516 e. The fourth-order valence-electron chi connectivity index (χ4n) is 1.79. The highest BCUT2D eigenvalue weighted by atomic mass is 16.6. The quantitative estimate of drug-likeness (QED) is 0.622. The molecule has 0 aliphatic carbocycles. The first-order valence-electron chi connectivity index (χ1n) is 6.81. The fourth-order valence-corrected chi connectivity index (χ4v) is 1.79. The normalized spacial score (nSPS) is 14.1. The summed E-state index contributed by atoms with van der Waals surface area (Å²) in [5.41, 5.74) is 1.72. The van der Waals surface area contributed by atoms with E-state index in [-0.39, 0.29) is 16.3 Å². The molecule has 0 aromatic carbocycles. The van der Waals surface area contributed by atoms with Gasteiger partial charge in [0.05, 0.1) is 21.2 Å². The van der Waals surface area contributed by atoms with E-state index in [1.165, 1.54) is 7.11 Å². The molecular formula is C14H29N2O4+. The van der Waals surface area contributed by atoms with E-state index in [2.05, 4.69) is 10.3 Å². The van der Waals surface area contributed by atoms with Crippen LogP contribution >= 0.6 is 0 Å². The van der Waals surface area contributed by atoms with E-state index in [1.807, 2.05) is 13.8 Å². The van der Waals surface area contributed by atoms with Crippen molar-refractivity contribution in [3.63, 3.8) is 0 Å². The van der Waals surface area contributed by atoms with Gasteiger partial charge in [-0.1, -0.05) is 13.8 Å². The van der Waals surface area contributed by atoms with Crippen LogP contribution in [0.2, 0.25) is 0 Å². The van der Waals surface area contributed by atoms with Gasteiger partial charge in [-0.05, 0) is 26.7 Å². The van der Waals surface area contributed by atoms with Gasteiger partial charge in [0.1, 0.15) is 5.60 Å². The average Bonchev–Trinajstić information content (AvgIpc) is 2.23. The van der Waals surface area contributed by atoms with Crippen LogP contribution in [0.15, 0.2) is 0 Å². The van der Waals surface area contributed by atoms with Gasteiger partial charge >= 0.3 is 12.0 Å². The van der Waals surface area contributed by atoms with Crippen molar-refractivity contribution < 1.29 is 23.6 Å². The highest BCUT2D eigenvalue weighted by Gasteiger charge is 2.44. The van der Waals surface area contributed by atoms with E-state index in [0.717, 1.165) is 0 Å². The lowest BCUT2D eigenvalue weighted by molar-refractivity contribution is -0.836. The van der Waals surface area contributed by atoms with Gasteiger partial charge in [-0.2, -0.15) is 4.79 Å². The minimum Gasteiger partial charge on any atom is -0.414 e. The molecule has 2 amide bonds. The lowest BCUT2D eigenvalue weighted by atomic mass is 10.0. The summed E-state index contributed by atoms with van der Waals surface area (Å²) >= 11 is 0. The number of rotatable bonds is 5. The smallest absolute Gasteiger partial charge is 0.414 e. The Morgan fingerprint density at radius 2 is 1.70 bits per heavy atom. The van der Waals surface area contributed by atoms with Crippen molar-refractivity contribution in [2.24, 2.45) is 5.92 Å².